The molecule has 5 rings (SSSR count). The molecule has 7 nitrogen and oxygen atoms in total. The molecule has 2 fully saturated rings. The van der Waals surface area contributed by atoms with E-state index in [1.807, 2.05) is 6.07 Å². The summed E-state index contributed by atoms with van der Waals surface area (Å²) in [6, 6.07) is 8.82. The smallest absolute Gasteiger partial charge is 0.259 e. The average molecular weight is 425 g/mol. The Morgan fingerprint density at radius 2 is 2.03 bits per heavy atom. The molecule has 2 aromatic heterocycles. The first kappa shape index (κ1) is 19.1. The second kappa shape index (κ2) is 7.40. The summed E-state index contributed by atoms with van der Waals surface area (Å²) in [5, 5.41) is 8.18. The van der Waals surface area contributed by atoms with Crippen LogP contribution in [0.5, 0.6) is 0 Å². The average Bonchev–Trinajstić information content (AvgIpc) is 3.34. The Bertz CT molecular complexity index is 1150. The van der Waals surface area contributed by atoms with Crippen LogP contribution in [0.4, 0.5) is 0 Å². The Morgan fingerprint density at radius 1 is 1.20 bits per heavy atom. The van der Waals surface area contributed by atoms with Gasteiger partial charge in [0.2, 0.25) is 0 Å². The van der Waals surface area contributed by atoms with E-state index in [0.717, 1.165) is 25.0 Å². The lowest BCUT2D eigenvalue weighted by Crippen LogP contribution is -2.28. The number of likely N-dealkylation sites (tertiary alicyclic amines) is 1. The number of hydrogen-bond acceptors (Lipinski definition) is 5. The van der Waals surface area contributed by atoms with Crippen molar-refractivity contribution in [2.45, 2.75) is 31.1 Å². The zero-order chi connectivity index (χ0) is 20.8. The van der Waals surface area contributed by atoms with E-state index in [1.165, 1.54) is 0 Å². The zero-order valence-electron chi connectivity index (χ0n) is 16.5. The van der Waals surface area contributed by atoms with Crippen molar-refractivity contribution in [3.8, 4) is 0 Å². The summed E-state index contributed by atoms with van der Waals surface area (Å²) in [6.07, 6.45) is 2.90. The molecule has 1 atom stereocenters. The molecule has 1 saturated heterocycles. The van der Waals surface area contributed by atoms with Gasteiger partial charge in [-0.2, -0.15) is 0 Å². The predicted octanol–water partition coefficient (Wildman–Crippen LogP) is 3.74. The molecule has 0 spiro atoms. The van der Waals surface area contributed by atoms with Crippen molar-refractivity contribution in [2.24, 2.45) is 0 Å². The van der Waals surface area contributed by atoms with Gasteiger partial charge in [0.1, 0.15) is 0 Å². The van der Waals surface area contributed by atoms with Crippen molar-refractivity contribution in [3.63, 3.8) is 0 Å². The fraction of sp³-hybridized carbons (Fsp3) is 0.364. The van der Waals surface area contributed by atoms with Crippen molar-refractivity contribution in [1.29, 1.82) is 0 Å². The van der Waals surface area contributed by atoms with E-state index in [2.05, 4.69) is 15.5 Å². The monoisotopic (exact) mass is 424 g/mol. The summed E-state index contributed by atoms with van der Waals surface area (Å²) >= 11 is 6.03. The number of rotatable bonds is 4. The molecule has 0 bridgehead atoms. The summed E-state index contributed by atoms with van der Waals surface area (Å²) in [5.41, 5.74) is 3.08. The number of amides is 2. The van der Waals surface area contributed by atoms with E-state index < -0.39 is 0 Å². The molecule has 154 valence electrons. The fourth-order valence-electron chi connectivity index (χ4n) is 4.14. The van der Waals surface area contributed by atoms with Crippen molar-refractivity contribution in [1.82, 2.24) is 20.4 Å². The number of nitrogens with zero attached hydrogens (tertiary/aromatic N) is 3. The van der Waals surface area contributed by atoms with Gasteiger partial charge in [0.15, 0.2) is 0 Å². The highest BCUT2D eigenvalue weighted by molar-refractivity contribution is 6.31. The Kier molecular flexibility index (Phi) is 4.70. The van der Waals surface area contributed by atoms with E-state index >= 15 is 0 Å². The first-order chi connectivity index (χ1) is 14.5. The van der Waals surface area contributed by atoms with Gasteiger partial charge in [-0.3, -0.25) is 9.59 Å². The Balaban J connectivity index is 1.47. The van der Waals surface area contributed by atoms with Crippen LogP contribution in [-0.2, 0) is 0 Å². The third-order valence-corrected chi connectivity index (χ3v) is 6.13. The molecule has 2 aliphatic rings. The summed E-state index contributed by atoms with van der Waals surface area (Å²) in [5.74, 6) is 0.127. The lowest BCUT2D eigenvalue weighted by molar-refractivity contribution is 0.0790. The van der Waals surface area contributed by atoms with Gasteiger partial charge >= 0.3 is 0 Å². The van der Waals surface area contributed by atoms with Gasteiger partial charge in [0.25, 0.3) is 17.5 Å². The number of halogens is 1. The van der Waals surface area contributed by atoms with E-state index in [0.29, 0.717) is 52.0 Å². The minimum absolute atomic E-state index is 0.0219. The number of carbonyl (C=O) groups is 2. The minimum Gasteiger partial charge on any atom is -0.355 e. The largest absolute Gasteiger partial charge is 0.355 e. The molecule has 2 amide bonds. The second-order valence-corrected chi connectivity index (χ2v) is 8.38. The molecule has 30 heavy (non-hydrogen) atoms. The molecule has 1 saturated carbocycles. The van der Waals surface area contributed by atoms with E-state index in [9.17, 15) is 9.59 Å². The standard InChI is InChI=1S/C22H21ClN4O3/c1-24-20(28)16-10-17(12-5-6-12)25-21-18(16)19(26-30-21)14-7-8-27(11-14)22(29)13-3-2-4-15(23)9-13/h2-4,9-10,12,14H,5-8,11H2,1H3,(H,24,28). The quantitative estimate of drug-likeness (QED) is 0.689. The lowest BCUT2D eigenvalue weighted by atomic mass is 9.98. The summed E-state index contributed by atoms with van der Waals surface area (Å²) in [7, 11) is 1.61. The molecule has 1 aliphatic carbocycles. The Labute approximate surface area is 178 Å². The first-order valence-corrected chi connectivity index (χ1v) is 10.5. The molecule has 1 aromatic carbocycles. The van der Waals surface area contributed by atoms with Gasteiger partial charge in [-0.05, 0) is 43.5 Å². The number of pyridine rings is 1. The maximum Gasteiger partial charge on any atom is 0.259 e. The van der Waals surface area contributed by atoms with Gasteiger partial charge in [-0.15, -0.1) is 0 Å². The van der Waals surface area contributed by atoms with Crippen LogP contribution in [0, 0.1) is 0 Å². The van der Waals surface area contributed by atoms with Crippen LogP contribution >= 0.6 is 11.6 Å². The number of hydrogen-bond donors (Lipinski definition) is 1. The SMILES string of the molecule is CNC(=O)c1cc(C2CC2)nc2onc(C3CCN(C(=O)c4cccc(Cl)c4)C3)c12. The van der Waals surface area contributed by atoms with Crippen LogP contribution in [0.25, 0.3) is 11.1 Å². The van der Waals surface area contributed by atoms with Gasteiger partial charge < -0.3 is 14.7 Å². The number of aromatic nitrogens is 2. The molecule has 8 heteroatoms. The van der Waals surface area contributed by atoms with Gasteiger partial charge in [0, 0.05) is 48.3 Å². The lowest BCUT2D eigenvalue weighted by Gasteiger charge is -2.16. The molecule has 1 aliphatic heterocycles. The third kappa shape index (κ3) is 3.33. The van der Waals surface area contributed by atoms with Crippen LogP contribution in [0.3, 0.4) is 0 Å². The number of benzene rings is 1. The maximum atomic E-state index is 12.9. The number of nitrogens with one attached hydrogen (secondary N) is 1. The topological polar surface area (TPSA) is 88.3 Å². The van der Waals surface area contributed by atoms with Crippen LogP contribution in [0.1, 0.15) is 63.2 Å². The molecular formula is C22H21ClN4O3. The van der Waals surface area contributed by atoms with Crippen LogP contribution in [-0.4, -0.2) is 47.0 Å². The highest BCUT2D eigenvalue weighted by Gasteiger charge is 2.34. The number of fused-ring (bicyclic) bond motifs is 1. The molecule has 1 N–H and O–H groups in total. The van der Waals surface area contributed by atoms with Crippen molar-refractivity contribution in [2.75, 3.05) is 20.1 Å². The predicted molar refractivity (Wildman–Crippen MR) is 112 cm³/mol. The second-order valence-electron chi connectivity index (χ2n) is 7.94. The normalized spacial score (nSPS) is 18.7. The molecule has 3 aromatic rings. The van der Waals surface area contributed by atoms with Gasteiger partial charge in [0.05, 0.1) is 16.6 Å². The third-order valence-electron chi connectivity index (χ3n) is 5.89. The molecule has 0 radical (unpaired) electrons. The van der Waals surface area contributed by atoms with Crippen LogP contribution < -0.4 is 5.32 Å². The summed E-state index contributed by atoms with van der Waals surface area (Å²) < 4.78 is 5.55. The first-order valence-electron chi connectivity index (χ1n) is 10.1. The van der Waals surface area contributed by atoms with E-state index in [-0.39, 0.29) is 17.7 Å². The van der Waals surface area contributed by atoms with Crippen LogP contribution in [0.15, 0.2) is 34.9 Å². The van der Waals surface area contributed by atoms with Gasteiger partial charge in [-0.1, -0.05) is 22.8 Å². The summed E-state index contributed by atoms with van der Waals surface area (Å²) in [4.78, 5) is 31.9. The fourth-order valence-corrected chi connectivity index (χ4v) is 4.34. The molecule has 3 heterocycles. The zero-order valence-corrected chi connectivity index (χ0v) is 17.3. The Hall–Kier alpha value is -2.93. The molecular weight excluding hydrogens is 404 g/mol. The van der Waals surface area contributed by atoms with Crippen molar-refractivity contribution >= 4 is 34.5 Å². The van der Waals surface area contributed by atoms with Crippen molar-refractivity contribution < 1.29 is 14.1 Å². The van der Waals surface area contributed by atoms with Gasteiger partial charge in [-0.25, -0.2) is 4.98 Å². The Morgan fingerprint density at radius 3 is 2.77 bits per heavy atom. The van der Waals surface area contributed by atoms with Crippen molar-refractivity contribution in [3.05, 3.63) is 57.9 Å². The minimum atomic E-state index is -0.182. The molecule has 1 unspecified atom stereocenters. The van der Waals surface area contributed by atoms with E-state index in [1.54, 1.807) is 36.2 Å². The maximum absolute atomic E-state index is 12.9. The van der Waals surface area contributed by atoms with Crippen LogP contribution in [0.2, 0.25) is 5.02 Å². The highest BCUT2D eigenvalue weighted by Crippen LogP contribution is 2.41. The highest BCUT2D eigenvalue weighted by atomic mass is 35.5. The summed E-state index contributed by atoms with van der Waals surface area (Å²) in [6.45, 7) is 1.11. The van der Waals surface area contributed by atoms with E-state index in [4.69, 9.17) is 16.1 Å². The number of carbonyl (C=O) groups excluding carboxylic acids is 2.